The molecule has 4 nitrogen and oxygen atoms in total. The van der Waals surface area contributed by atoms with Gasteiger partial charge in [-0.3, -0.25) is 4.90 Å². The highest BCUT2D eigenvalue weighted by Gasteiger charge is 2.39. The molecule has 1 N–H and O–H groups in total. The molecular weight excluding hydrogens is 278 g/mol. The summed E-state index contributed by atoms with van der Waals surface area (Å²) >= 11 is 0. The lowest BCUT2D eigenvalue weighted by molar-refractivity contribution is -0.165. The van der Waals surface area contributed by atoms with E-state index in [1.165, 1.54) is 25.5 Å². The zero-order valence-electron chi connectivity index (χ0n) is 13.6. The van der Waals surface area contributed by atoms with E-state index in [1.807, 2.05) is 25.1 Å². The van der Waals surface area contributed by atoms with Crippen LogP contribution in [-0.4, -0.2) is 41.3 Å². The quantitative estimate of drug-likeness (QED) is 0.787. The normalized spacial score (nSPS) is 18.4. The van der Waals surface area contributed by atoms with E-state index in [0.717, 1.165) is 19.4 Å². The molecule has 0 spiro atoms. The number of carbonyl (C=O) groups excluding carboxylic acids is 1. The molecule has 0 aliphatic heterocycles. The molecular formula is C18H27NO3. The molecule has 0 radical (unpaired) electrons. The summed E-state index contributed by atoms with van der Waals surface area (Å²) in [5.41, 5.74) is -0.218. The molecule has 0 heterocycles. The number of hydrogen-bond donors (Lipinski definition) is 1. The number of carbonyl (C=O) groups is 1. The Morgan fingerprint density at radius 3 is 2.50 bits per heavy atom. The first-order valence-electron chi connectivity index (χ1n) is 8.18. The van der Waals surface area contributed by atoms with Gasteiger partial charge in [0, 0.05) is 19.1 Å². The smallest absolute Gasteiger partial charge is 0.339 e. The van der Waals surface area contributed by atoms with Crippen molar-refractivity contribution >= 4 is 5.97 Å². The molecule has 0 amide bonds. The minimum atomic E-state index is -1.42. The van der Waals surface area contributed by atoms with E-state index in [1.54, 1.807) is 0 Å². The van der Waals surface area contributed by atoms with Gasteiger partial charge in [-0.25, -0.2) is 4.79 Å². The van der Waals surface area contributed by atoms with E-state index in [0.29, 0.717) is 19.0 Å². The van der Waals surface area contributed by atoms with Crippen molar-refractivity contribution in [2.45, 2.75) is 57.2 Å². The van der Waals surface area contributed by atoms with Crippen LogP contribution >= 0.6 is 0 Å². The van der Waals surface area contributed by atoms with E-state index in [9.17, 15) is 9.90 Å². The Balaban J connectivity index is 2.15. The minimum absolute atomic E-state index is 0.329. The lowest BCUT2D eigenvalue weighted by Crippen LogP contribution is -2.51. The SMILES string of the molecule is CCC(O)(CN(Cc1ccccc1)C1CCCC1)C(=O)OC. The second kappa shape index (κ2) is 7.75. The molecule has 0 aromatic heterocycles. The summed E-state index contributed by atoms with van der Waals surface area (Å²) in [6, 6.07) is 10.7. The van der Waals surface area contributed by atoms with Crippen LogP contribution in [-0.2, 0) is 16.1 Å². The maximum Gasteiger partial charge on any atom is 0.339 e. The third kappa shape index (κ3) is 4.08. The van der Waals surface area contributed by atoms with Crippen LogP contribution in [0.25, 0.3) is 0 Å². The standard InChI is InChI=1S/C18H27NO3/c1-3-18(21,17(20)22-2)14-19(16-11-7-8-12-16)13-15-9-5-4-6-10-15/h4-6,9-10,16,21H,3,7-8,11-14H2,1-2H3. The van der Waals surface area contributed by atoms with Crippen molar-refractivity contribution in [2.24, 2.45) is 0 Å². The first kappa shape index (κ1) is 17.0. The molecule has 1 aliphatic rings. The Labute approximate surface area is 133 Å². The number of aliphatic hydroxyl groups is 1. The van der Waals surface area contributed by atoms with Gasteiger partial charge in [0.05, 0.1) is 7.11 Å². The highest BCUT2D eigenvalue weighted by Crippen LogP contribution is 2.27. The van der Waals surface area contributed by atoms with Crippen molar-refractivity contribution in [3.05, 3.63) is 35.9 Å². The van der Waals surface area contributed by atoms with E-state index in [4.69, 9.17) is 4.74 Å². The van der Waals surface area contributed by atoms with E-state index in [-0.39, 0.29) is 0 Å². The van der Waals surface area contributed by atoms with Crippen molar-refractivity contribution in [3.8, 4) is 0 Å². The molecule has 1 saturated carbocycles. The maximum atomic E-state index is 12.0. The number of hydrogen-bond acceptors (Lipinski definition) is 4. The Hall–Kier alpha value is -1.39. The zero-order chi connectivity index (χ0) is 16.0. The van der Waals surface area contributed by atoms with Crippen LogP contribution in [0.1, 0.15) is 44.6 Å². The molecule has 122 valence electrons. The number of ether oxygens (including phenoxy) is 1. The van der Waals surface area contributed by atoms with Crippen LogP contribution in [0.3, 0.4) is 0 Å². The van der Waals surface area contributed by atoms with Crippen molar-refractivity contribution in [2.75, 3.05) is 13.7 Å². The number of benzene rings is 1. The lowest BCUT2D eigenvalue weighted by Gasteiger charge is -2.35. The zero-order valence-corrected chi connectivity index (χ0v) is 13.6. The van der Waals surface area contributed by atoms with E-state index < -0.39 is 11.6 Å². The third-order valence-electron chi connectivity index (χ3n) is 4.68. The van der Waals surface area contributed by atoms with Gasteiger partial charge in [0.2, 0.25) is 0 Å². The van der Waals surface area contributed by atoms with Gasteiger partial charge < -0.3 is 9.84 Å². The molecule has 1 unspecified atom stereocenters. The second-order valence-corrected chi connectivity index (χ2v) is 6.21. The molecule has 1 atom stereocenters. The summed E-state index contributed by atoms with van der Waals surface area (Å²) < 4.78 is 4.80. The topological polar surface area (TPSA) is 49.8 Å². The summed E-state index contributed by atoms with van der Waals surface area (Å²) in [4.78, 5) is 14.2. The van der Waals surface area contributed by atoms with Crippen LogP contribution in [0, 0.1) is 0 Å². The Kier molecular flexibility index (Phi) is 5.98. The molecule has 1 aromatic rings. The molecule has 4 heteroatoms. The molecule has 1 fully saturated rings. The van der Waals surface area contributed by atoms with Crippen molar-refractivity contribution in [1.29, 1.82) is 0 Å². The Bertz CT molecular complexity index is 470. The predicted octanol–water partition coefficient (Wildman–Crippen LogP) is 2.75. The summed E-state index contributed by atoms with van der Waals surface area (Å²) in [5.74, 6) is -0.536. The Morgan fingerprint density at radius 2 is 1.95 bits per heavy atom. The molecule has 22 heavy (non-hydrogen) atoms. The van der Waals surface area contributed by atoms with Crippen LogP contribution < -0.4 is 0 Å². The predicted molar refractivity (Wildman–Crippen MR) is 86.4 cm³/mol. The first-order valence-corrected chi connectivity index (χ1v) is 8.18. The fourth-order valence-corrected chi connectivity index (χ4v) is 3.25. The van der Waals surface area contributed by atoms with Gasteiger partial charge in [0.25, 0.3) is 0 Å². The average Bonchev–Trinajstić information content (AvgIpc) is 3.08. The minimum Gasteiger partial charge on any atom is -0.467 e. The maximum absolute atomic E-state index is 12.0. The number of methoxy groups -OCH3 is 1. The van der Waals surface area contributed by atoms with E-state index in [2.05, 4.69) is 17.0 Å². The van der Waals surface area contributed by atoms with Crippen LogP contribution in [0.2, 0.25) is 0 Å². The summed E-state index contributed by atoms with van der Waals surface area (Å²) in [7, 11) is 1.33. The highest BCUT2D eigenvalue weighted by molar-refractivity contribution is 5.79. The summed E-state index contributed by atoms with van der Waals surface area (Å²) in [6.07, 6.45) is 5.07. The van der Waals surface area contributed by atoms with Crippen molar-refractivity contribution < 1.29 is 14.6 Å². The van der Waals surface area contributed by atoms with Gasteiger partial charge >= 0.3 is 5.97 Å². The molecule has 0 bridgehead atoms. The highest BCUT2D eigenvalue weighted by atomic mass is 16.5. The van der Waals surface area contributed by atoms with Gasteiger partial charge in [0.15, 0.2) is 5.60 Å². The van der Waals surface area contributed by atoms with Gasteiger partial charge in [-0.2, -0.15) is 0 Å². The van der Waals surface area contributed by atoms with Gasteiger partial charge in [-0.05, 0) is 24.8 Å². The molecule has 0 saturated heterocycles. The van der Waals surface area contributed by atoms with Crippen molar-refractivity contribution in [3.63, 3.8) is 0 Å². The van der Waals surface area contributed by atoms with Gasteiger partial charge in [-0.1, -0.05) is 50.1 Å². The van der Waals surface area contributed by atoms with Gasteiger partial charge in [0.1, 0.15) is 0 Å². The average molecular weight is 305 g/mol. The largest absolute Gasteiger partial charge is 0.467 e. The number of rotatable bonds is 7. The van der Waals surface area contributed by atoms with E-state index >= 15 is 0 Å². The summed E-state index contributed by atoms with van der Waals surface area (Å²) in [6.45, 7) is 2.91. The van der Waals surface area contributed by atoms with Crippen molar-refractivity contribution in [1.82, 2.24) is 4.90 Å². The number of nitrogens with zero attached hydrogens (tertiary/aromatic N) is 1. The molecule has 1 aromatic carbocycles. The molecule has 1 aliphatic carbocycles. The Morgan fingerprint density at radius 1 is 1.32 bits per heavy atom. The van der Waals surface area contributed by atoms with Crippen LogP contribution in [0.4, 0.5) is 0 Å². The first-order chi connectivity index (χ1) is 10.6. The van der Waals surface area contributed by atoms with Gasteiger partial charge in [-0.15, -0.1) is 0 Å². The monoisotopic (exact) mass is 305 g/mol. The summed E-state index contributed by atoms with van der Waals surface area (Å²) in [5, 5.41) is 10.7. The van der Waals surface area contributed by atoms with Crippen LogP contribution in [0.5, 0.6) is 0 Å². The lowest BCUT2D eigenvalue weighted by atomic mass is 9.98. The number of esters is 1. The second-order valence-electron chi connectivity index (χ2n) is 6.21. The van der Waals surface area contributed by atoms with Crippen LogP contribution in [0.15, 0.2) is 30.3 Å². The fourth-order valence-electron chi connectivity index (χ4n) is 3.25. The third-order valence-corrected chi connectivity index (χ3v) is 4.68. The molecule has 2 rings (SSSR count). The fraction of sp³-hybridized carbons (Fsp3) is 0.611.